The number of carbonyl (C=O) groups is 1. The van der Waals surface area contributed by atoms with Gasteiger partial charge in [-0.1, -0.05) is 31.9 Å². The third-order valence-electron chi connectivity index (χ3n) is 5.15. The third-order valence-corrected chi connectivity index (χ3v) is 6.54. The van der Waals surface area contributed by atoms with E-state index in [1.165, 1.54) is 6.42 Å². The second-order valence-corrected chi connectivity index (χ2v) is 8.34. The normalized spacial score (nSPS) is 24.8. The van der Waals surface area contributed by atoms with Crippen LogP contribution in [0.1, 0.15) is 33.1 Å². The summed E-state index contributed by atoms with van der Waals surface area (Å²) in [6.07, 6.45) is 3.39. The summed E-state index contributed by atoms with van der Waals surface area (Å²) in [5.41, 5.74) is 1.14. The van der Waals surface area contributed by atoms with Crippen molar-refractivity contribution in [3.63, 3.8) is 0 Å². The molecule has 6 heteroatoms. The molecule has 0 bridgehead atoms. The zero-order valence-corrected chi connectivity index (χ0v) is 16.3. The number of ether oxygens (including phenoxy) is 1. The second-order valence-electron chi connectivity index (χ2n) is 6.89. The van der Waals surface area contributed by atoms with Gasteiger partial charge in [-0.05, 0) is 25.5 Å². The smallest absolute Gasteiger partial charge is 0.248 e. The Balaban J connectivity index is 1.68. The van der Waals surface area contributed by atoms with Crippen molar-refractivity contribution >= 4 is 23.4 Å². The van der Waals surface area contributed by atoms with Crippen molar-refractivity contribution in [2.45, 2.75) is 38.0 Å². The first kappa shape index (κ1) is 18.4. The molecule has 0 aliphatic carbocycles. The summed E-state index contributed by atoms with van der Waals surface area (Å²) in [5, 5.41) is 4.33. The Kier molecular flexibility index (Phi) is 5.79. The van der Waals surface area contributed by atoms with Gasteiger partial charge in [0.05, 0.1) is 18.6 Å². The topological polar surface area (TPSA) is 36.0 Å². The molecule has 2 heterocycles. The molecule has 0 spiro atoms. The molecular weight excluding hydrogens is 334 g/mol. The molecule has 2 fully saturated rings. The van der Waals surface area contributed by atoms with E-state index in [0.717, 1.165) is 50.5 Å². The molecule has 1 atom stereocenters. The molecule has 1 aromatic carbocycles. The molecule has 5 nitrogen and oxygen atoms in total. The second kappa shape index (κ2) is 7.87. The first-order valence-electron chi connectivity index (χ1n) is 9.19. The van der Waals surface area contributed by atoms with Gasteiger partial charge in [0.15, 0.2) is 0 Å². The fraction of sp³-hybridized carbons (Fsp3) is 0.632. The highest BCUT2D eigenvalue weighted by Gasteiger charge is 2.45. The molecule has 3 rings (SSSR count). The van der Waals surface area contributed by atoms with Crippen molar-refractivity contribution in [1.82, 2.24) is 10.0 Å². The van der Waals surface area contributed by atoms with Gasteiger partial charge in [0.2, 0.25) is 5.91 Å². The Bertz CT molecular complexity index is 604. The number of piperazine rings is 1. The van der Waals surface area contributed by atoms with E-state index >= 15 is 0 Å². The van der Waals surface area contributed by atoms with Crippen molar-refractivity contribution in [3.8, 4) is 5.75 Å². The fourth-order valence-corrected chi connectivity index (χ4v) is 4.96. The lowest BCUT2D eigenvalue weighted by Gasteiger charge is -2.46. The number of thioether (sulfide) groups is 1. The number of benzene rings is 1. The Morgan fingerprint density at radius 3 is 2.60 bits per heavy atom. The monoisotopic (exact) mass is 363 g/mol. The first-order valence-corrected chi connectivity index (χ1v) is 10.2. The molecule has 1 aromatic rings. The van der Waals surface area contributed by atoms with Gasteiger partial charge in [0.1, 0.15) is 10.6 Å². The highest BCUT2D eigenvalue weighted by Crippen LogP contribution is 2.41. The van der Waals surface area contributed by atoms with Gasteiger partial charge in [-0.3, -0.25) is 9.80 Å². The van der Waals surface area contributed by atoms with E-state index < -0.39 is 0 Å². The average Bonchev–Trinajstić information content (AvgIpc) is 2.95. The summed E-state index contributed by atoms with van der Waals surface area (Å²) in [6, 6.07) is 8.16. The number of methoxy groups -OCH3 is 1. The number of anilines is 1. The van der Waals surface area contributed by atoms with Crippen LogP contribution in [0.3, 0.4) is 0 Å². The van der Waals surface area contributed by atoms with Crippen LogP contribution >= 0.6 is 11.8 Å². The standard InChI is InChI=1S/C19H29N3O2S/c1-4-5-10-19(2)22(18(23)15-25-19)21-13-11-20(12-14-21)16-8-6-7-9-17(16)24-3/h6-9H,4-5,10-15H2,1-3H3. The van der Waals surface area contributed by atoms with Crippen molar-refractivity contribution < 1.29 is 9.53 Å². The van der Waals surface area contributed by atoms with Crippen molar-refractivity contribution in [2.24, 2.45) is 0 Å². The number of nitrogens with zero attached hydrogens (tertiary/aromatic N) is 3. The Morgan fingerprint density at radius 2 is 1.92 bits per heavy atom. The van der Waals surface area contributed by atoms with E-state index in [9.17, 15) is 4.79 Å². The van der Waals surface area contributed by atoms with E-state index in [-0.39, 0.29) is 10.8 Å². The van der Waals surface area contributed by atoms with Crippen LogP contribution in [0.2, 0.25) is 0 Å². The van der Waals surface area contributed by atoms with Crippen LogP contribution in [0.5, 0.6) is 5.75 Å². The first-order chi connectivity index (χ1) is 12.1. The number of carbonyl (C=O) groups excluding carboxylic acids is 1. The zero-order valence-electron chi connectivity index (χ0n) is 15.5. The highest BCUT2D eigenvalue weighted by molar-refractivity contribution is 8.01. The SMILES string of the molecule is CCCCC1(C)SCC(=O)N1N1CCN(c2ccccc2OC)CC1. The maximum atomic E-state index is 12.5. The summed E-state index contributed by atoms with van der Waals surface area (Å²) in [7, 11) is 1.72. The molecule has 138 valence electrons. The number of rotatable bonds is 6. The minimum absolute atomic E-state index is 0.0836. The fourth-order valence-electron chi connectivity index (χ4n) is 3.77. The Hall–Kier alpha value is -1.40. The van der Waals surface area contributed by atoms with Crippen LogP contribution in [0.15, 0.2) is 24.3 Å². The maximum Gasteiger partial charge on any atom is 0.248 e. The predicted octanol–water partition coefficient (Wildman–Crippen LogP) is 3.21. The lowest BCUT2D eigenvalue weighted by atomic mass is 10.1. The lowest BCUT2D eigenvalue weighted by molar-refractivity contribution is -0.153. The van der Waals surface area contributed by atoms with Crippen molar-refractivity contribution in [3.05, 3.63) is 24.3 Å². The van der Waals surface area contributed by atoms with E-state index in [2.05, 4.69) is 34.8 Å². The Morgan fingerprint density at radius 1 is 1.20 bits per heavy atom. The van der Waals surface area contributed by atoms with Gasteiger partial charge in [-0.2, -0.15) is 0 Å². The minimum atomic E-state index is -0.0836. The molecule has 25 heavy (non-hydrogen) atoms. The Labute approximate surface area is 155 Å². The van der Waals surface area contributed by atoms with Crippen molar-refractivity contribution in [2.75, 3.05) is 43.9 Å². The maximum absolute atomic E-state index is 12.5. The van der Waals surface area contributed by atoms with Crippen LogP contribution in [0.4, 0.5) is 5.69 Å². The molecular formula is C19H29N3O2S. The molecule has 0 saturated carbocycles. The number of hydrazine groups is 1. The minimum Gasteiger partial charge on any atom is -0.495 e. The number of hydrogen-bond acceptors (Lipinski definition) is 5. The largest absolute Gasteiger partial charge is 0.495 e. The quantitative estimate of drug-likeness (QED) is 0.776. The van der Waals surface area contributed by atoms with E-state index in [1.807, 2.05) is 18.2 Å². The molecule has 0 aromatic heterocycles. The summed E-state index contributed by atoms with van der Waals surface area (Å²) in [6.45, 7) is 7.97. The van der Waals surface area contributed by atoms with Gasteiger partial charge < -0.3 is 9.64 Å². The molecule has 0 N–H and O–H groups in total. The summed E-state index contributed by atoms with van der Waals surface area (Å²) >= 11 is 1.80. The van der Waals surface area contributed by atoms with Crippen LogP contribution in [0, 0.1) is 0 Å². The average molecular weight is 364 g/mol. The summed E-state index contributed by atoms with van der Waals surface area (Å²) < 4.78 is 5.50. The van der Waals surface area contributed by atoms with Gasteiger partial charge in [0.25, 0.3) is 0 Å². The van der Waals surface area contributed by atoms with E-state index in [4.69, 9.17) is 4.74 Å². The molecule has 2 aliphatic rings. The van der Waals surface area contributed by atoms with Crippen LogP contribution in [-0.4, -0.2) is 59.8 Å². The summed E-state index contributed by atoms with van der Waals surface area (Å²) in [4.78, 5) is 14.8. The number of unbranched alkanes of at least 4 members (excludes halogenated alkanes) is 1. The van der Waals surface area contributed by atoms with Gasteiger partial charge in [0, 0.05) is 26.2 Å². The van der Waals surface area contributed by atoms with Gasteiger partial charge >= 0.3 is 0 Å². The third kappa shape index (κ3) is 3.75. The van der Waals surface area contributed by atoms with Crippen LogP contribution in [0.25, 0.3) is 0 Å². The molecule has 0 radical (unpaired) electrons. The van der Waals surface area contributed by atoms with Gasteiger partial charge in [-0.25, -0.2) is 5.01 Å². The van der Waals surface area contributed by atoms with Gasteiger partial charge in [-0.15, -0.1) is 11.8 Å². The molecule has 1 amide bonds. The van der Waals surface area contributed by atoms with E-state index in [1.54, 1.807) is 18.9 Å². The van der Waals surface area contributed by atoms with Crippen LogP contribution in [-0.2, 0) is 4.79 Å². The number of amides is 1. The molecule has 2 saturated heterocycles. The van der Waals surface area contributed by atoms with Crippen LogP contribution < -0.4 is 9.64 Å². The predicted molar refractivity (Wildman–Crippen MR) is 104 cm³/mol. The summed E-state index contributed by atoms with van der Waals surface area (Å²) in [5.74, 6) is 1.78. The highest BCUT2D eigenvalue weighted by atomic mass is 32.2. The van der Waals surface area contributed by atoms with E-state index in [0.29, 0.717) is 5.75 Å². The lowest BCUT2D eigenvalue weighted by Crippen LogP contribution is -2.59. The number of hydrogen-bond donors (Lipinski definition) is 0. The molecule has 1 unspecified atom stereocenters. The van der Waals surface area contributed by atoms with Crippen molar-refractivity contribution in [1.29, 1.82) is 0 Å². The number of para-hydroxylation sites is 2. The zero-order chi connectivity index (χ0) is 17.9. The molecule has 2 aliphatic heterocycles.